The molecule has 0 bridgehead atoms. The maximum absolute atomic E-state index is 13.7. The van der Waals surface area contributed by atoms with Crippen LogP contribution in [0, 0.1) is 22.9 Å². The number of nitro groups is 1. The van der Waals surface area contributed by atoms with Gasteiger partial charge in [0.25, 0.3) is 6.43 Å². The number of carbonyl (C=O) groups is 1. The molecule has 1 aromatic carbocycles. The third-order valence-electron chi connectivity index (χ3n) is 3.09. The Hall–Kier alpha value is -2.43. The van der Waals surface area contributed by atoms with Gasteiger partial charge in [-0.25, -0.2) is 13.2 Å². The zero-order valence-electron chi connectivity index (χ0n) is 12.1. The minimum absolute atomic E-state index is 0.114. The molecule has 2 rings (SSSR count). The molecule has 0 saturated heterocycles. The van der Waals surface area contributed by atoms with Crippen LogP contribution in [0.2, 0.25) is 0 Å². The third-order valence-corrected chi connectivity index (χ3v) is 3.58. The number of amides is 1. The van der Waals surface area contributed by atoms with Crippen LogP contribution in [0.4, 0.5) is 24.5 Å². The van der Waals surface area contributed by atoms with E-state index in [1.165, 1.54) is 19.1 Å². The van der Waals surface area contributed by atoms with Crippen molar-refractivity contribution in [3.8, 4) is 0 Å². The lowest BCUT2D eigenvalue weighted by Gasteiger charge is -2.07. The first-order valence-electron chi connectivity index (χ1n) is 6.45. The van der Waals surface area contributed by atoms with Crippen LogP contribution in [0.1, 0.15) is 17.8 Å². The van der Waals surface area contributed by atoms with Gasteiger partial charge in [0.05, 0.1) is 10.6 Å². The van der Waals surface area contributed by atoms with Crippen molar-refractivity contribution in [3.63, 3.8) is 0 Å². The molecule has 24 heavy (non-hydrogen) atoms. The second-order valence-electron chi connectivity index (χ2n) is 4.71. The highest BCUT2D eigenvalue weighted by molar-refractivity contribution is 9.10. The summed E-state index contributed by atoms with van der Waals surface area (Å²) in [5.74, 6) is -1.47. The summed E-state index contributed by atoms with van der Waals surface area (Å²) in [6, 6.07) is 3.94. The molecule has 2 aromatic rings. The average molecular weight is 407 g/mol. The van der Waals surface area contributed by atoms with Crippen molar-refractivity contribution in [2.75, 3.05) is 5.32 Å². The Morgan fingerprint density at radius 2 is 2.17 bits per heavy atom. The first kappa shape index (κ1) is 17.9. The van der Waals surface area contributed by atoms with Gasteiger partial charge in [-0.1, -0.05) is 15.9 Å². The van der Waals surface area contributed by atoms with Crippen molar-refractivity contribution in [1.29, 1.82) is 0 Å². The van der Waals surface area contributed by atoms with E-state index in [1.54, 1.807) is 0 Å². The fourth-order valence-electron chi connectivity index (χ4n) is 2.00. The fraction of sp³-hybridized carbons (Fsp3) is 0.231. The van der Waals surface area contributed by atoms with Crippen molar-refractivity contribution in [3.05, 3.63) is 50.0 Å². The molecule has 0 unspecified atom stereocenters. The number of nitrogens with one attached hydrogen (secondary N) is 1. The van der Waals surface area contributed by atoms with Crippen LogP contribution < -0.4 is 5.32 Å². The SMILES string of the molecule is Cc1c([N+](=O)[O-])c(C(F)F)nn1CC(=O)Nc1ccc(Br)cc1F. The Kier molecular flexibility index (Phi) is 5.22. The minimum Gasteiger partial charge on any atom is -0.322 e. The van der Waals surface area contributed by atoms with E-state index in [0.717, 1.165) is 10.7 Å². The quantitative estimate of drug-likeness (QED) is 0.606. The second-order valence-corrected chi connectivity index (χ2v) is 5.62. The largest absolute Gasteiger partial charge is 0.322 e. The molecule has 0 aliphatic heterocycles. The molecular formula is C13H10BrF3N4O3. The van der Waals surface area contributed by atoms with Crippen LogP contribution in [-0.4, -0.2) is 20.6 Å². The average Bonchev–Trinajstić information content (AvgIpc) is 2.79. The molecule has 0 aliphatic carbocycles. The molecule has 1 aromatic heterocycles. The summed E-state index contributed by atoms with van der Waals surface area (Å²) in [6.45, 7) is 0.624. The van der Waals surface area contributed by atoms with Crippen molar-refractivity contribution < 1.29 is 22.9 Å². The van der Waals surface area contributed by atoms with Gasteiger partial charge in [-0.3, -0.25) is 19.6 Å². The number of aromatic nitrogens is 2. The predicted molar refractivity (Wildman–Crippen MR) is 81.3 cm³/mol. The smallest absolute Gasteiger partial charge is 0.319 e. The number of anilines is 1. The fourth-order valence-corrected chi connectivity index (χ4v) is 2.34. The van der Waals surface area contributed by atoms with E-state index in [2.05, 4.69) is 26.3 Å². The Morgan fingerprint density at radius 3 is 2.67 bits per heavy atom. The maximum atomic E-state index is 13.7. The molecule has 0 saturated carbocycles. The summed E-state index contributed by atoms with van der Waals surface area (Å²) in [6.07, 6.45) is -3.16. The molecule has 0 fully saturated rings. The van der Waals surface area contributed by atoms with E-state index >= 15 is 0 Å². The molecule has 1 N–H and O–H groups in total. The number of carbonyl (C=O) groups excluding carboxylic acids is 1. The number of hydrogen-bond acceptors (Lipinski definition) is 4. The van der Waals surface area contributed by atoms with Gasteiger partial charge in [-0.15, -0.1) is 0 Å². The molecule has 1 heterocycles. The van der Waals surface area contributed by atoms with Gasteiger partial charge >= 0.3 is 5.69 Å². The normalized spacial score (nSPS) is 10.9. The molecule has 0 aliphatic rings. The molecule has 0 spiro atoms. The zero-order valence-corrected chi connectivity index (χ0v) is 13.7. The highest BCUT2D eigenvalue weighted by Crippen LogP contribution is 2.30. The molecule has 128 valence electrons. The molecular weight excluding hydrogens is 397 g/mol. The molecule has 11 heteroatoms. The molecule has 7 nitrogen and oxygen atoms in total. The van der Waals surface area contributed by atoms with Gasteiger partial charge in [0, 0.05) is 4.47 Å². The standard InChI is InChI=1S/C13H10BrF3N4O3/c1-6-12(21(23)24)11(13(16)17)19-20(6)5-10(22)18-9-3-2-7(14)4-8(9)15/h2-4,13H,5H2,1H3,(H,18,22). The minimum atomic E-state index is -3.16. The van der Waals surface area contributed by atoms with Gasteiger partial charge in [0.2, 0.25) is 11.6 Å². The van der Waals surface area contributed by atoms with Crippen molar-refractivity contribution in [2.45, 2.75) is 19.9 Å². The van der Waals surface area contributed by atoms with Gasteiger partial charge in [-0.2, -0.15) is 5.10 Å². The molecule has 0 radical (unpaired) electrons. The monoisotopic (exact) mass is 406 g/mol. The Morgan fingerprint density at radius 1 is 1.50 bits per heavy atom. The number of benzene rings is 1. The van der Waals surface area contributed by atoms with Crippen LogP contribution >= 0.6 is 15.9 Å². The molecule has 1 amide bonds. The lowest BCUT2D eigenvalue weighted by atomic mass is 10.3. The summed E-state index contributed by atoms with van der Waals surface area (Å²) in [4.78, 5) is 21.8. The van der Waals surface area contributed by atoms with E-state index in [0.29, 0.717) is 4.47 Å². The number of rotatable bonds is 5. The van der Waals surface area contributed by atoms with Crippen molar-refractivity contribution >= 4 is 33.2 Å². The van der Waals surface area contributed by atoms with E-state index in [1.807, 2.05) is 0 Å². The second kappa shape index (κ2) is 6.99. The number of alkyl halides is 2. The Labute approximate surface area is 141 Å². The summed E-state index contributed by atoms with van der Waals surface area (Å²) in [7, 11) is 0. The highest BCUT2D eigenvalue weighted by Gasteiger charge is 2.31. The zero-order chi connectivity index (χ0) is 18.0. The number of halogens is 4. The van der Waals surface area contributed by atoms with Crippen molar-refractivity contribution in [1.82, 2.24) is 9.78 Å². The summed E-state index contributed by atoms with van der Waals surface area (Å²) in [5, 5.41) is 16.5. The predicted octanol–water partition coefficient (Wildman–Crippen LogP) is 3.58. The Bertz CT molecular complexity index is 810. The summed E-state index contributed by atoms with van der Waals surface area (Å²) < 4.78 is 40.5. The van der Waals surface area contributed by atoms with E-state index < -0.39 is 41.0 Å². The van der Waals surface area contributed by atoms with E-state index in [-0.39, 0.29) is 11.4 Å². The first-order valence-corrected chi connectivity index (χ1v) is 7.24. The van der Waals surface area contributed by atoms with Gasteiger partial charge in [0.1, 0.15) is 18.1 Å². The van der Waals surface area contributed by atoms with E-state index in [9.17, 15) is 28.1 Å². The van der Waals surface area contributed by atoms with Crippen LogP contribution in [-0.2, 0) is 11.3 Å². The molecule has 0 atom stereocenters. The van der Waals surface area contributed by atoms with Gasteiger partial charge in [-0.05, 0) is 25.1 Å². The topological polar surface area (TPSA) is 90.1 Å². The number of nitrogens with zero attached hydrogens (tertiary/aromatic N) is 3. The summed E-state index contributed by atoms with van der Waals surface area (Å²) >= 11 is 3.06. The lowest BCUT2D eigenvalue weighted by molar-refractivity contribution is -0.386. The van der Waals surface area contributed by atoms with Crippen molar-refractivity contribution in [2.24, 2.45) is 0 Å². The van der Waals surface area contributed by atoms with E-state index in [4.69, 9.17) is 0 Å². The highest BCUT2D eigenvalue weighted by atomic mass is 79.9. The number of hydrogen-bond donors (Lipinski definition) is 1. The third kappa shape index (κ3) is 3.72. The van der Waals surface area contributed by atoms with Gasteiger partial charge < -0.3 is 5.32 Å². The van der Waals surface area contributed by atoms with Crippen LogP contribution in [0.3, 0.4) is 0 Å². The Balaban J connectivity index is 2.23. The summed E-state index contributed by atoms with van der Waals surface area (Å²) in [5.41, 5.74) is -2.16. The lowest BCUT2D eigenvalue weighted by Crippen LogP contribution is -2.21. The first-order chi connectivity index (χ1) is 11.2. The maximum Gasteiger partial charge on any atom is 0.319 e. The van der Waals surface area contributed by atoms with Crippen LogP contribution in [0.5, 0.6) is 0 Å². The van der Waals surface area contributed by atoms with Crippen LogP contribution in [0.15, 0.2) is 22.7 Å². The van der Waals surface area contributed by atoms with Crippen LogP contribution in [0.25, 0.3) is 0 Å². The van der Waals surface area contributed by atoms with Gasteiger partial charge in [0.15, 0.2) is 0 Å².